The molecule has 2 heterocycles. The third-order valence-corrected chi connectivity index (χ3v) is 4.70. The van der Waals surface area contributed by atoms with Gasteiger partial charge in [-0.3, -0.25) is 0 Å². The van der Waals surface area contributed by atoms with Gasteiger partial charge in [0.1, 0.15) is 5.69 Å². The first-order valence-electron chi connectivity index (χ1n) is 5.40. The number of nitrogens with zero attached hydrogens (tertiary/aromatic N) is 1. The van der Waals surface area contributed by atoms with Gasteiger partial charge in [0, 0.05) is 16.0 Å². The monoisotopic (exact) mass is 402 g/mol. The summed E-state index contributed by atoms with van der Waals surface area (Å²) >= 11 is 9.95. The van der Waals surface area contributed by atoms with Crippen molar-refractivity contribution in [1.29, 1.82) is 0 Å². The third-order valence-electron chi connectivity index (χ3n) is 2.67. The lowest BCUT2D eigenvalue weighted by Crippen LogP contribution is -1.87. The van der Waals surface area contributed by atoms with E-state index in [2.05, 4.69) is 33.8 Å². The molecule has 0 saturated carbocycles. The molecule has 0 aliphatic carbocycles. The van der Waals surface area contributed by atoms with Crippen LogP contribution in [0.3, 0.4) is 0 Å². The average Bonchev–Trinajstić information content (AvgIpc) is 2.95. The predicted molar refractivity (Wildman–Crippen MR) is 87.4 cm³/mol. The molecule has 0 saturated heterocycles. The van der Waals surface area contributed by atoms with Gasteiger partial charge in [0.2, 0.25) is 5.88 Å². The zero-order valence-corrected chi connectivity index (χ0v) is 13.3. The Hall–Kier alpha value is -1.05. The Morgan fingerprint density at radius 1 is 1.26 bits per heavy atom. The van der Waals surface area contributed by atoms with Gasteiger partial charge in [-0.2, -0.15) is 0 Å². The summed E-state index contributed by atoms with van der Waals surface area (Å²) in [6.45, 7) is 0. The second-order valence-corrected chi connectivity index (χ2v) is 7.16. The zero-order chi connectivity index (χ0) is 13.4. The van der Waals surface area contributed by atoms with Gasteiger partial charge < -0.3 is 10.3 Å². The summed E-state index contributed by atoms with van der Waals surface area (Å²) < 4.78 is 6.33. The number of hydrogen-bond donors (Lipinski definition) is 1. The van der Waals surface area contributed by atoms with Crippen molar-refractivity contribution in [1.82, 2.24) is 5.16 Å². The molecular weight excluding hydrogens is 395 g/mol. The first-order valence-corrected chi connectivity index (χ1v) is 7.74. The summed E-state index contributed by atoms with van der Waals surface area (Å²) in [5.41, 5.74) is 9.34. The molecule has 0 spiro atoms. The molecule has 3 aromatic rings. The summed E-state index contributed by atoms with van der Waals surface area (Å²) in [6, 6.07) is 9.55. The zero-order valence-electron chi connectivity index (χ0n) is 9.56. The Balaban J connectivity index is 2.19. The predicted octanol–water partition coefficient (Wildman–Crippen LogP) is 4.91. The molecule has 0 bridgehead atoms. The van der Waals surface area contributed by atoms with Crippen molar-refractivity contribution < 1.29 is 4.52 Å². The third kappa shape index (κ3) is 2.50. The Labute approximate surface area is 132 Å². The number of nitrogen functional groups attached to an aromatic ring is 1. The van der Waals surface area contributed by atoms with Gasteiger partial charge in [-0.25, -0.2) is 0 Å². The molecule has 0 radical (unpaired) electrons. The first kappa shape index (κ1) is 13.0. The van der Waals surface area contributed by atoms with E-state index in [-0.39, 0.29) is 0 Å². The van der Waals surface area contributed by atoms with Crippen LogP contribution in [0.25, 0.3) is 22.4 Å². The van der Waals surface area contributed by atoms with E-state index in [0.29, 0.717) is 10.9 Å². The van der Waals surface area contributed by atoms with Gasteiger partial charge in [0.15, 0.2) is 0 Å². The molecule has 0 fully saturated rings. The van der Waals surface area contributed by atoms with Crippen molar-refractivity contribution in [3.63, 3.8) is 0 Å². The van der Waals surface area contributed by atoms with Gasteiger partial charge in [-0.1, -0.05) is 28.9 Å². The molecular formula is C13H8ClIN2OS. The second-order valence-electron chi connectivity index (χ2n) is 3.92. The highest BCUT2D eigenvalue weighted by Gasteiger charge is 2.18. The van der Waals surface area contributed by atoms with Crippen LogP contribution < -0.4 is 5.73 Å². The van der Waals surface area contributed by atoms with Crippen molar-refractivity contribution in [2.75, 3.05) is 5.73 Å². The van der Waals surface area contributed by atoms with E-state index in [1.54, 1.807) is 11.3 Å². The number of aromatic nitrogens is 1. The minimum absolute atomic E-state index is 0.304. The van der Waals surface area contributed by atoms with Gasteiger partial charge in [-0.05, 0) is 46.4 Å². The largest absolute Gasteiger partial charge is 0.367 e. The Morgan fingerprint density at radius 3 is 2.79 bits per heavy atom. The van der Waals surface area contributed by atoms with E-state index in [4.69, 9.17) is 21.9 Å². The SMILES string of the molecule is Nc1onc(-c2csc(I)c2)c1-c1cccc(Cl)c1. The number of nitrogens with two attached hydrogens (primary N) is 1. The number of rotatable bonds is 2. The van der Waals surface area contributed by atoms with Crippen molar-refractivity contribution in [2.24, 2.45) is 0 Å². The molecule has 0 unspecified atom stereocenters. The summed E-state index contributed by atoms with van der Waals surface area (Å²) in [5.74, 6) is 0.304. The van der Waals surface area contributed by atoms with E-state index in [0.717, 1.165) is 22.4 Å². The minimum atomic E-state index is 0.304. The molecule has 19 heavy (non-hydrogen) atoms. The molecule has 96 valence electrons. The van der Waals surface area contributed by atoms with E-state index in [9.17, 15) is 0 Å². The smallest absolute Gasteiger partial charge is 0.230 e. The molecule has 3 rings (SSSR count). The molecule has 0 aliphatic heterocycles. The summed E-state index contributed by atoms with van der Waals surface area (Å²) in [6.07, 6.45) is 0. The van der Waals surface area contributed by atoms with Crippen molar-refractivity contribution >= 4 is 51.4 Å². The van der Waals surface area contributed by atoms with Crippen LogP contribution in [0, 0.1) is 2.88 Å². The molecule has 6 heteroatoms. The van der Waals surface area contributed by atoms with Gasteiger partial charge in [0.25, 0.3) is 0 Å². The molecule has 0 amide bonds. The normalized spacial score (nSPS) is 10.8. The highest BCUT2D eigenvalue weighted by molar-refractivity contribution is 14.1. The number of thiophene rings is 1. The Kier molecular flexibility index (Phi) is 3.51. The van der Waals surface area contributed by atoms with Crippen molar-refractivity contribution in [2.45, 2.75) is 0 Å². The Morgan fingerprint density at radius 2 is 2.11 bits per heavy atom. The summed E-state index contributed by atoms with van der Waals surface area (Å²) in [5, 5.41) is 6.76. The Bertz CT molecular complexity index is 738. The lowest BCUT2D eigenvalue weighted by molar-refractivity contribution is 0.439. The van der Waals surface area contributed by atoms with E-state index >= 15 is 0 Å². The van der Waals surface area contributed by atoms with Crippen LogP contribution in [0.4, 0.5) is 5.88 Å². The van der Waals surface area contributed by atoms with Crippen LogP contribution in [0.5, 0.6) is 0 Å². The number of halogens is 2. The molecule has 1 aromatic carbocycles. The molecule has 2 N–H and O–H groups in total. The van der Waals surface area contributed by atoms with Gasteiger partial charge in [-0.15, -0.1) is 11.3 Å². The second kappa shape index (κ2) is 5.15. The van der Waals surface area contributed by atoms with Crippen LogP contribution in [0.1, 0.15) is 0 Å². The topological polar surface area (TPSA) is 52.0 Å². The van der Waals surface area contributed by atoms with Crippen molar-refractivity contribution in [3.8, 4) is 22.4 Å². The fourth-order valence-corrected chi connectivity index (χ4v) is 3.38. The van der Waals surface area contributed by atoms with Gasteiger partial charge >= 0.3 is 0 Å². The van der Waals surface area contributed by atoms with E-state index < -0.39 is 0 Å². The van der Waals surface area contributed by atoms with Crippen LogP contribution in [-0.2, 0) is 0 Å². The van der Waals surface area contributed by atoms with E-state index in [1.165, 1.54) is 2.88 Å². The highest BCUT2D eigenvalue weighted by Crippen LogP contribution is 2.38. The van der Waals surface area contributed by atoms with Crippen LogP contribution in [-0.4, -0.2) is 5.16 Å². The fourth-order valence-electron chi connectivity index (χ4n) is 1.86. The lowest BCUT2D eigenvalue weighted by atomic mass is 10.0. The van der Waals surface area contributed by atoms with Crippen LogP contribution in [0.15, 0.2) is 40.2 Å². The average molecular weight is 403 g/mol. The lowest BCUT2D eigenvalue weighted by Gasteiger charge is -2.01. The quantitative estimate of drug-likeness (QED) is 0.620. The maximum atomic E-state index is 6.03. The van der Waals surface area contributed by atoms with E-state index in [1.807, 2.05) is 29.6 Å². The first-order chi connectivity index (χ1) is 9.15. The summed E-state index contributed by atoms with van der Waals surface area (Å²) in [7, 11) is 0. The number of anilines is 1. The molecule has 0 aliphatic rings. The minimum Gasteiger partial charge on any atom is -0.367 e. The standard InChI is InChI=1S/C13H8ClIN2OS/c14-9-3-1-2-7(4-9)11-12(17-18-13(11)16)8-5-10(15)19-6-8/h1-6H,16H2. The highest BCUT2D eigenvalue weighted by atomic mass is 127. The fraction of sp³-hybridized carbons (Fsp3) is 0. The molecule has 0 atom stereocenters. The van der Waals surface area contributed by atoms with Gasteiger partial charge in [0.05, 0.1) is 8.45 Å². The van der Waals surface area contributed by atoms with Crippen LogP contribution >= 0.6 is 45.5 Å². The van der Waals surface area contributed by atoms with Crippen molar-refractivity contribution in [3.05, 3.63) is 43.6 Å². The van der Waals surface area contributed by atoms with Crippen LogP contribution in [0.2, 0.25) is 5.02 Å². The maximum absolute atomic E-state index is 6.03. The summed E-state index contributed by atoms with van der Waals surface area (Å²) in [4.78, 5) is 0. The number of benzene rings is 1. The molecule has 3 nitrogen and oxygen atoms in total. The molecule has 2 aromatic heterocycles. The number of hydrogen-bond acceptors (Lipinski definition) is 4. The maximum Gasteiger partial charge on any atom is 0.230 e.